The van der Waals surface area contributed by atoms with Crippen molar-refractivity contribution >= 4 is 18.3 Å². The number of benzene rings is 1. The van der Waals surface area contributed by atoms with Crippen molar-refractivity contribution in [3.05, 3.63) is 35.4 Å². The maximum atomic E-state index is 12.5. The quantitative estimate of drug-likeness (QED) is 0.835. The molecule has 1 saturated heterocycles. The Kier molecular flexibility index (Phi) is 8.51. The van der Waals surface area contributed by atoms with Gasteiger partial charge in [-0.3, -0.25) is 4.79 Å². The van der Waals surface area contributed by atoms with Gasteiger partial charge in [0.05, 0.1) is 6.42 Å². The Balaban J connectivity index is 0.00000242. The third-order valence-corrected chi connectivity index (χ3v) is 4.33. The summed E-state index contributed by atoms with van der Waals surface area (Å²) in [6, 6.07) is 8.96. The first-order valence-electron chi connectivity index (χ1n) is 8.26. The minimum Gasteiger partial charge on any atom is -0.338 e. The number of carbonyl (C=O) groups excluding carboxylic acids is 1. The molecule has 1 unspecified atom stereocenters. The number of unbranched alkanes of at least 4 members (excludes halogenated alkanes) is 1. The molecular formula is C18H29ClN2O. The van der Waals surface area contributed by atoms with Crippen LogP contribution in [-0.2, 0) is 17.6 Å². The summed E-state index contributed by atoms with van der Waals surface area (Å²) in [7, 11) is 1.95. The molecule has 0 bridgehead atoms. The molecule has 2 rings (SSSR count). The van der Waals surface area contributed by atoms with E-state index in [0.717, 1.165) is 37.9 Å². The van der Waals surface area contributed by atoms with Crippen LogP contribution >= 0.6 is 12.4 Å². The van der Waals surface area contributed by atoms with Gasteiger partial charge in [-0.05, 0) is 43.9 Å². The molecule has 1 aromatic carbocycles. The van der Waals surface area contributed by atoms with Gasteiger partial charge in [-0.25, -0.2) is 0 Å². The summed E-state index contributed by atoms with van der Waals surface area (Å²) in [5, 5.41) is 3.19. The number of hydrogen-bond donors (Lipinski definition) is 1. The fraction of sp³-hybridized carbons (Fsp3) is 0.611. The third-order valence-electron chi connectivity index (χ3n) is 4.33. The normalized spacial score (nSPS) is 17.4. The lowest BCUT2D eigenvalue weighted by Gasteiger charge is -2.24. The van der Waals surface area contributed by atoms with Crippen LogP contribution in [0.1, 0.15) is 43.7 Å². The summed E-state index contributed by atoms with van der Waals surface area (Å²) in [4.78, 5) is 14.5. The largest absolute Gasteiger partial charge is 0.338 e. The van der Waals surface area contributed by atoms with E-state index in [4.69, 9.17) is 0 Å². The third kappa shape index (κ3) is 5.29. The van der Waals surface area contributed by atoms with Gasteiger partial charge in [0.2, 0.25) is 5.91 Å². The summed E-state index contributed by atoms with van der Waals surface area (Å²) < 4.78 is 0. The summed E-state index contributed by atoms with van der Waals surface area (Å²) in [6.07, 6.45) is 6.39. The highest BCUT2D eigenvalue weighted by atomic mass is 35.5. The second-order valence-electron chi connectivity index (χ2n) is 6.04. The van der Waals surface area contributed by atoms with E-state index < -0.39 is 0 Å². The van der Waals surface area contributed by atoms with Crippen molar-refractivity contribution in [2.24, 2.45) is 0 Å². The molecule has 124 valence electrons. The predicted molar refractivity (Wildman–Crippen MR) is 94.7 cm³/mol. The molecule has 1 heterocycles. The zero-order valence-corrected chi connectivity index (χ0v) is 14.6. The van der Waals surface area contributed by atoms with Gasteiger partial charge in [0.25, 0.3) is 0 Å². The molecule has 1 fully saturated rings. The van der Waals surface area contributed by atoms with E-state index in [1.807, 2.05) is 7.05 Å². The van der Waals surface area contributed by atoms with Gasteiger partial charge in [0.1, 0.15) is 0 Å². The molecule has 1 aromatic rings. The first-order chi connectivity index (χ1) is 10.2. The fourth-order valence-corrected chi connectivity index (χ4v) is 3.09. The number of nitrogens with one attached hydrogen (secondary N) is 1. The van der Waals surface area contributed by atoms with Gasteiger partial charge in [0, 0.05) is 19.1 Å². The summed E-state index contributed by atoms with van der Waals surface area (Å²) >= 11 is 0. The van der Waals surface area contributed by atoms with E-state index in [1.54, 1.807) is 0 Å². The zero-order chi connectivity index (χ0) is 15.1. The molecule has 1 amide bonds. The van der Waals surface area contributed by atoms with E-state index in [0.29, 0.717) is 12.5 Å². The van der Waals surface area contributed by atoms with Crippen molar-refractivity contribution in [2.45, 2.75) is 51.5 Å². The van der Waals surface area contributed by atoms with Crippen LogP contribution in [0.5, 0.6) is 0 Å². The highest BCUT2D eigenvalue weighted by molar-refractivity contribution is 5.85. The Morgan fingerprint density at radius 3 is 2.59 bits per heavy atom. The molecule has 3 nitrogen and oxygen atoms in total. The van der Waals surface area contributed by atoms with Gasteiger partial charge in [-0.15, -0.1) is 12.4 Å². The van der Waals surface area contributed by atoms with Crippen molar-refractivity contribution < 1.29 is 4.79 Å². The van der Waals surface area contributed by atoms with Crippen LogP contribution in [0.3, 0.4) is 0 Å². The minimum absolute atomic E-state index is 0. The van der Waals surface area contributed by atoms with E-state index in [9.17, 15) is 4.79 Å². The Bertz CT molecular complexity index is 447. The van der Waals surface area contributed by atoms with Crippen molar-refractivity contribution in [1.29, 1.82) is 0 Å². The molecule has 0 aliphatic carbocycles. The molecule has 0 aromatic heterocycles. The number of rotatable bonds is 7. The summed E-state index contributed by atoms with van der Waals surface area (Å²) in [5.74, 6) is 0.272. The molecule has 1 aliphatic heterocycles. The Morgan fingerprint density at radius 1 is 1.27 bits per heavy atom. The van der Waals surface area contributed by atoms with Gasteiger partial charge < -0.3 is 10.2 Å². The highest BCUT2D eigenvalue weighted by Crippen LogP contribution is 2.18. The van der Waals surface area contributed by atoms with Gasteiger partial charge in [-0.2, -0.15) is 0 Å². The lowest BCUT2D eigenvalue weighted by Crippen LogP contribution is -2.41. The average molecular weight is 325 g/mol. The van der Waals surface area contributed by atoms with Gasteiger partial charge in [-0.1, -0.05) is 37.6 Å². The standard InChI is InChI=1S/C18H28N2O.ClH/c1-3-4-6-15-8-10-16(11-9-15)13-18(21)20-12-5-7-17(20)14-19-2;/h8-11,17,19H,3-7,12-14H2,1-2H3;1H. The van der Waals surface area contributed by atoms with Crippen molar-refractivity contribution in [3.63, 3.8) is 0 Å². The number of hydrogen-bond acceptors (Lipinski definition) is 2. The monoisotopic (exact) mass is 324 g/mol. The second kappa shape index (κ2) is 9.86. The van der Waals surface area contributed by atoms with Crippen LogP contribution in [0, 0.1) is 0 Å². The molecule has 4 heteroatoms. The van der Waals surface area contributed by atoms with Crippen molar-refractivity contribution in [2.75, 3.05) is 20.1 Å². The molecule has 1 N–H and O–H groups in total. The number of amides is 1. The second-order valence-corrected chi connectivity index (χ2v) is 6.04. The van der Waals surface area contributed by atoms with Crippen LogP contribution in [0.2, 0.25) is 0 Å². The van der Waals surface area contributed by atoms with Gasteiger partial charge in [0.15, 0.2) is 0 Å². The maximum Gasteiger partial charge on any atom is 0.227 e. The Morgan fingerprint density at radius 2 is 1.95 bits per heavy atom. The van der Waals surface area contributed by atoms with Crippen molar-refractivity contribution in [3.8, 4) is 0 Å². The maximum absolute atomic E-state index is 12.5. The highest BCUT2D eigenvalue weighted by Gasteiger charge is 2.27. The number of likely N-dealkylation sites (tertiary alicyclic amines) is 1. The SMILES string of the molecule is CCCCc1ccc(CC(=O)N2CCCC2CNC)cc1.Cl. The zero-order valence-electron chi connectivity index (χ0n) is 13.8. The van der Waals surface area contributed by atoms with Crippen LogP contribution in [0.15, 0.2) is 24.3 Å². The predicted octanol–water partition coefficient (Wildman–Crippen LogP) is 3.20. The minimum atomic E-state index is 0. The molecule has 1 atom stereocenters. The molecule has 0 saturated carbocycles. The first kappa shape index (κ1) is 19.0. The summed E-state index contributed by atoms with van der Waals surface area (Å²) in [5.41, 5.74) is 2.51. The van der Waals surface area contributed by atoms with E-state index in [-0.39, 0.29) is 18.3 Å². The molecule has 0 spiro atoms. The van der Waals surface area contributed by atoms with Crippen LogP contribution in [0.25, 0.3) is 0 Å². The Labute approximate surface area is 140 Å². The summed E-state index contributed by atoms with van der Waals surface area (Å²) in [6.45, 7) is 4.03. The van der Waals surface area contributed by atoms with E-state index in [2.05, 4.69) is 41.4 Å². The number of likely N-dealkylation sites (N-methyl/N-ethyl adjacent to an activating group) is 1. The van der Waals surface area contributed by atoms with Crippen molar-refractivity contribution in [1.82, 2.24) is 10.2 Å². The number of aryl methyl sites for hydroxylation is 1. The lowest BCUT2D eigenvalue weighted by molar-refractivity contribution is -0.131. The van der Waals surface area contributed by atoms with E-state index in [1.165, 1.54) is 18.4 Å². The first-order valence-corrected chi connectivity index (χ1v) is 8.26. The fourth-order valence-electron chi connectivity index (χ4n) is 3.09. The molecule has 0 radical (unpaired) electrons. The topological polar surface area (TPSA) is 32.3 Å². The number of carbonyl (C=O) groups is 1. The molecular weight excluding hydrogens is 296 g/mol. The van der Waals surface area contributed by atoms with Crippen LogP contribution < -0.4 is 5.32 Å². The smallest absolute Gasteiger partial charge is 0.227 e. The average Bonchev–Trinajstić information content (AvgIpc) is 2.95. The number of halogens is 1. The van der Waals surface area contributed by atoms with Gasteiger partial charge >= 0.3 is 0 Å². The molecule has 1 aliphatic rings. The van der Waals surface area contributed by atoms with E-state index >= 15 is 0 Å². The Hall–Kier alpha value is -1.06. The van der Waals surface area contributed by atoms with Crippen LogP contribution in [0.4, 0.5) is 0 Å². The van der Waals surface area contributed by atoms with Crippen LogP contribution in [-0.4, -0.2) is 37.0 Å². The number of nitrogens with zero attached hydrogens (tertiary/aromatic N) is 1. The molecule has 22 heavy (non-hydrogen) atoms. The lowest BCUT2D eigenvalue weighted by atomic mass is 10.0.